The number of ether oxygens (including phenoxy) is 2. The minimum absolute atomic E-state index is 0.252. The molecule has 29 heavy (non-hydrogen) atoms. The Morgan fingerprint density at radius 2 is 1.17 bits per heavy atom. The van der Waals surface area contributed by atoms with E-state index in [1.54, 1.807) is 48.5 Å². The van der Waals surface area contributed by atoms with Gasteiger partial charge in [0.15, 0.2) is 0 Å². The average molecular weight is 395 g/mol. The summed E-state index contributed by atoms with van der Waals surface area (Å²) < 4.78 is 11.0. The first-order valence-electron chi connectivity index (χ1n) is 10.0. The van der Waals surface area contributed by atoms with Gasteiger partial charge in [-0.25, -0.2) is 0 Å². The number of phenols is 2. The van der Waals surface area contributed by atoms with Crippen molar-refractivity contribution in [1.82, 2.24) is 0 Å². The van der Waals surface area contributed by atoms with E-state index >= 15 is 0 Å². The van der Waals surface area contributed by atoms with Crippen molar-refractivity contribution in [1.29, 1.82) is 0 Å². The Bertz CT molecular complexity index is 783. The highest BCUT2D eigenvalue weighted by Crippen LogP contribution is 2.17. The fourth-order valence-electron chi connectivity index (χ4n) is 2.54. The van der Waals surface area contributed by atoms with Crippen molar-refractivity contribution in [3.05, 3.63) is 84.4 Å². The molecule has 4 heteroatoms. The van der Waals surface area contributed by atoms with E-state index in [4.69, 9.17) is 19.7 Å². The van der Waals surface area contributed by atoms with Crippen LogP contribution in [0.3, 0.4) is 0 Å². The van der Waals surface area contributed by atoms with Gasteiger partial charge in [0.2, 0.25) is 0 Å². The molecule has 154 valence electrons. The lowest BCUT2D eigenvalue weighted by Gasteiger charge is -2.05. The van der Waals surface area contributed by atoms with Gasteiger partial charge in [-0.05, 0) is 60.5 Å². The maximum Gasteiger partial charge on any atom is 0.120 e. The summed E-state index contributed by atoms with van der Waals surface area (Å²) in [5.41, 5.74) is 1.13. The van der Waals surface area contributed by atoms with Crippen molar-refractivity contribution >= 4 is 0 Å². The van der Waals surface area contributed by atoms with E-state index < -0.39 is 0 Å². The molecular formula is C25H30O4. The summed E-state index contributed by atoms with van der Waals surface area (Å²) in [5, 5.41) is 18.1. The maximum absolute atomic E-state index is 9.09. The van der Waals surface area contributed by atoms with Crippen molar-refractivity contribution in [2.45, 2.75) is 39.2 Å². The van der Waals surface area contributed by atoms with Crippen LogP contribution in [-0.4, -0.2) is 16.8 Å². The van der Waals surface area contributed by atoms with Crippen LogP contribution in [0.25, 0.3) is 0 Å². The molecule has 0 atom stereocenters. The fourth-order valence-corrected chi connectivity index (χ4v) is 2.54. The van der Waals surface area contributed by atoms with Gasteiger partial charge in [-0.15, -0.1) is 0 Å². The molecular weight excluding hydrogens is 364 g/mol. The molecule has 0 aliphatic heterocycles. The fraction of sp³-hybridized carbons (Fsp3) is 0.280. The molecule has 0 bridgehead atoms. The molecule has 3 aromatic carbocycles. The zero-order valence-corrected chi connectivity index (χ0v) is 17.0. The molecule has 3 aromatic rings. The second-order valence-corrected chi connectivity index (χ2v) is 6.67. The van der Waals surface area contributed by atoms with Crippen molar-refractivity contribution in [3.8, 4) is 23.0 Å². The number of aromatic hydroxyl groups is 2. The van der Waals surface area contributed by atoms with Gasteiger partial charge in [0.25, 0.3) is 0 Å². The van der Waals surface area contributed by atoms with Gasteiger partial charge in [-0.2, -0.15) is 0 Å². The maximum atomic E-state index is 9.09. The molecule has 0 saturated heterocycles. The lowest BCUT2D eigenvalue weighted by atomic mass is 10.2. The molecule has 0 aromatic heterocycles. The largest absolute Gasteiger partial charge is 0.508 e. The van der Waals surface area contributed by atoms with E-state index in [2.05, 4.69) is 6.92 Å². The summed E-state index contributed by atoms with van der Waals surface area (Å²) >= 11 is 0. The lowest BCUT2D eigenvalue weighted by molar-refractivity contribution is 0.304. The Kier molecular flexibility index (Phi) is 10.0. The third kappa shape index (κ3) is 9.56. The molecule has 0 aliphatic rings. The molecule has 0 amide bonds. The third-order valence-electron chi connectivity index (χ3n) is 4.19. The van der Waals surface area contributed by atoms with Crippen LogP contribution in [-0.2, 0) is 6.61 Å². The van der Waals surface area contributed by atoms with E-state index in [-0.39, 0.29) is 11.5 Å². The molecule has 0 aliphatic carbocycles. The number of benzene rings is 3. The monoisotopic (exact) mass is 394 g/mol. The number of unbranched alkanes of at least 4 members (excludes halogenated alkanes) is 3. The molecule has 4 nitrogen and oxygen atoms in total. The average Bonchev–Trinajstić information content (AvgIpc) is 2.76. The third-order valence-corrected chi connectivity index (χ3v) is 4.19. The number of hydrogen-bond donors (Lipinski definition) is 2. The van der Waals surface area contributed by atoms with Gasteiger partial charge in [0, 0.05) is 0 Å². The normalized spacial score (nSPS) is 9.97. The highest BCUT2D eigenvalue weighted by atomic mass is 16.5. The van der Waals surface area contributed by atoms with Gasteiger partial charge < -0.3 is 19.7 Å². The van der Waals surface area contributed by atoms with Crippen LogP contribution in [0.15, 0.2) is 78.9 Å². The van der Waals surface area contributed by atoms with Crippen molar-refractivity contribution in [2.75, 3.05) is 6.61 Å². The minimum atomic E-state index is 0.252. The molecule has 2 N–H and O–H groups in total. The second-order valence-electron chi connectivity index (χ2n) is 6.67. The number of phenolic OH excluding ortho intramolecular Hbond substituents is 2. The smallest absolute Gasteiger partial charge is 0.120 e. The topological polar surface area (TPSA) is 58.9 Å². The molecule has 0 saturated carbocycles. The van der Waals surface area contributed by atoms with Crippen LogP contribution in [0.4, 0.5) is 0 Å². The van der Waals surface area contributed by atoms with E-state index in [0.717, 1.165) is 30.1 Å². The predicted molar refractivity (Wildman–Crippen MR) is 117 cm³/mol. The van der Waals surface area contributed by atoms with Crippen LogP contribution in [0, 0.1) is 0 Å². The second kappa shape index (κ2) is 13.1. The van der Waals surface area contributed by atoms with Gasteiger partial charge in [-0.1, -0.05) is 56.5 Å². The van der Waals surface area contributed by atoms with Crippen LogP contribution >= 0.6 is 0 Å². The molecule has 0 unspecified atom stereocenters. The van der Waals surface area contributed by atoms with Crippen LogP contribution in [0.1, 0.15) is 38.2 Å². The highest BCUT2D eigenvalue weighted by Gasteiger charge is 1.95. The molecule has 0 heterocycles. The van der Waals surface area contributed by atoms with Crippen LogP contribution < -0.4 is 9.47 Å². The van der Waals surface area contributed by atoms with E-state index in [1.807, 2.05) is 30.3 Å². The van der Waals surface area contributed by atoms with Crippen LogP contribution in [0.5, 0.6) is 23.0 Å². The zero-order valence-electron chi connectivity index (χ0n) is 17.0. The Morgan fingerprint density at radius 1 is 0.621 bits per heavy atom. The summed E-state index contributed by atoms with van der Waals surface area (Å²) in [7, 11) is 0. The Labute approximate surface area is 173 Å². The summed E-state index contributed by atoms with van der Waals surface area (Å²) in [6.45, 7) is 3.51. The van der Waals surface area contributed by atoms with Gasteiger partial charge in [0.05, 0.1) is 6.61 Å². The van der Waals surface area contributed by atoms with E-state index in [0.29, 0.717) is 6.61 Å². The summed E-state index contributed by atoms with van der Waals surface area (Å²) in [6.07, 6.45) is 4.86. The van der Waals surface area contributed by atoms with Crippen molar-refractivity contribution in [2.24, 2.45) is 0 Å². The molecule has 0 fully saturated rings. The highest BCUT2D eigenvalue weighted by molar-refractivity contribution is 5.31. The first-order valence-corrected chi connectivity index (χ1v) is 10.0. The number of hydrogen-bond acceptors (Lipinski definition) is 4. The predicted octanol–water partition coefficient (Wildman–Crippen LogP) is 6.32. The Hall–Kier alpha value is -3.14. The minimum Gasteiger partial charge on any atom is -0.508 e. The number of rotatable bonds is 9. The van der Waals surface area contributed by atoms with E-state index in [1.165, 1.54) is 19.3 Å². The van der Waals surface area contributed by atoms with Crippen molar-refractivity contribution < 1.29 is 19.7 Å². The summed E-state index contributed by atoms with van der Waals surface area (Å²) in [5.74, 6) is 2.13. The lowest BCUT2D eigenvalue weighted by Crippen LogP contribution is -1.96. The standard InChI is InChI=1S/C13H12O2.C12H18O2/c14-12-6-8-13(9-7-12)15-10-11-4-2-1-3-5-11;1-2-3-4-5-10-14-12-8-6-11(13)7-9-12/h1-9,14H,10H2;6-9,13H,2-5,10H2,1H3. The van der Waals surface area contributed by atoms with Crippen LogP contribution in [0.2, 0.25) is 0 Å². The molecule has 0 spiro atoms. The quantitative estimate of drug-likeness (QED) is 0.417. The van der Waals surface area contributed by atoms with Gasteiger partial charge in [-0.3, -0.25) is 0 Å². The van der Waals surface area contributed by atoms with Gasteiger partial charge in [0.1, 0.15) is 29.6 Å². The Balaban J connectivity index is 0.000000208. The van der Waals surface area contributed by atoms with E-state index in [9.17, 15) is 0 Å². The summed E-state index contributed by atoms with van der Waals surface area (Å²) in [6, 6.07) is 23.5. The van der Waals surface area contributed by atoms with Gasteiger partial charge >= 0.3 is 0 Å². The zero-order chi connectivity index (χ0) is 20.7. The molecule has 3 rings (SSSR count). The first-order chi connectivity index (χ1) is 14.2. The Morgan fingerprint density at radius 3 is 1.72 bits per heavy atom. The van der Waals surface area contributed by atoms with Crippen molar-refractivity contribution in [3.63, 3.8) is 0 Å². The molecule has 0 radical (unpaired) electrons. The summed E-state index contributed by atoms with van der Waals surface area (Å²) in [4.78, 5) is 0. The SMILES string of the molecule is CCCCCCOc1ccc(O)cc1.Oc1ccc(OCc2ccccc2)cc1. The first kappa shape index (κ1) is 22.2.